The lowest BCUT2D eigenvalue weighted by molar-refractivity contribution is -0.113. The number of carbonyl (C=O) groups excluding carboxylic acids is 2. The first-order valence-corrected chi connectivity index (χ1v) is 11.8. The summed E-state index contributed by atoms with van der Waals surface area (Å²) in [5.41, 5.74) is 1.40. The van der Waals surface area contributed by atoms with Gasteiger partial charge in [0.25, 0.3) is 0 Å². The number of thiazole rings is 1. The van der Waals surface area contributed by atoms with Crippen molar-refractivity contribution in [3.63, 3.8) is 0 Å². The minimum Gasteiger partial charge on any atom is -0.465 e. The standard InChI is InChI=1S/C21H23N5O3S2/c1-13-7-9-26(10-8-13)21-25-18-17(31-21)19(23-12-22-18)30-11-16(27)24-15-6-4-3-5-14(15)20(28)29-2/h3-6,12-13H,7-11H2,1-2H3,(H,24,27). The van der Waals surface area contributed by atoms with E-state index in [4.69, 9.17) is 4.74 Å². The number of nitrogens with zero attached hydrogens (tertiary/aromatic N) is 4. The molecule has 31 heavy (non-hydrogen) atoms. The second-order valence-electron chi connectivity index (χ2n) is 7.37. The van der Waals surface area contributed by atoms with E-state index in [0.29, 0.717) is 16.9 Å². The van der Waals surface area contributed by atoms with Crippen molar-refractivity contribution in [3.8, 4) is 0 Å². The van der Waals surface area contributed by atoms with Gasteiger partial charge in [0.15, 0.2) is 10.8 Å². The third-order valence-corrected chi connectivity index (χ3v) is 7.38. The maximum Gasteiger partial charge on any atom is 0.339 e. The summed E-state index contributed by atoms with van der Waals surface area (Å²) in [6, 6.07) is 6.76. The number of thioether (sulfide) groups is 1. The van der Waals surface area contributed by atoms with E-state index in [1.165, 1.54) is 25.2 Å². The fourth-order valence-corrected chi connectivity index (χ4v) is 5.30. The Kier molecular flexibility index (Phi) is 6.67. The number of hydrogen-bond acceptors (Lipinski definition) is 9. The van der Waals surface area contributed by atoms with E-state index < -0.39 is 5.97 Å². The number of carbonyl (C=O) groups is 2. The Hall–Kier alpha value is -2.72. The van der Waals surface area contributed by atoms with Gasteiger partial charge in [-0.25, -0.2) is 14.8 Å². The van der Waals surface area contributed by atoms with Crippen LogP contribution in [0.3, 0.4) is 0 Å². The number of piperidine rings is 1. The Morgan fingerprint density at radius 3 is 2.81 bits per heavy atom. The van der Waals surface area contributed by atoms with Crippen molar-refractivity contribution >= 4 is 56.1 Å². The average molecular weight is 458 g/mol. The number of ether oxygens (including phenoxy) is 1. The quantitative estimate of drug-likeness (QED) is 0.339. The van der Waals surface area contributed by atoms with Gasteiger partial charge in [0.1, 0.15) is 16.1 Å². The summed E-state index contributed by atoms with van der Waals surface area (Å²) < 4.78 is 5.66. The molecule has 0 radical (unpaired) electrons. The number of benzene rings is 1. The monoisotopic (exact) mass is 457 g/mol. The molecule has 0 spiro atoms. The molecule has 1 amide bonds. The van der Waals surface area contributed by atoms with E-state index in [2.05, 4.69) is 32.1 Å². The molecule has 3 heterocycles. The summed E-state index contributed by atoms with van der Waals surface area (Å²) in [5.74, 6) is 0.170. The molecule has 162 valence electrons. The van der Waals surface area contributed by atoms with Crippen LogP contribution in [0.4, 0.5) is 10.8 Å². The molecule has 0 unspecified atom stereocenters. The van der Waals surface area contributed by atoms with Gasteiger partial charge in [0.05, 0.1) is 24.1 Å². The normalized spacial score (nSPS) is 14.6. The summed E-state index contributed by atoms with van der Waals surface area (Å²) in [6.45, 7) is 4.28. The third-order valence-electron chi connectivity index (χ3n) is 5.15. The van der Waals surface area contributed by atoms with E-state index in [1.54, 1.807) is 35.6 Å². The lowest BCUT2D eigenvalue weighted by Crippen LogP contribution is -2.32. The third kappa shape index (κ3) is 4.96. The van der Waals surface area contributed by atoms with E-state index >= 15 is 0 Å². The highest BCUT2D eigenvalue weighted by Crippen LogP contribution is 2.35. The van der Waals surface area contributed by atoms with Crippen molar-refractivity contribution in [2.45, 2.75) is 24.8 Å². The topological polar surface area (TPSA) is 97.3 Å². The van der Waals surface area contributed by atoms with Crippen LogP contribution in [0.5, 0.6) is 0 Å². The van der Waals surface area contributed by atoms with Crippen molar-refractivity contribution in [1.82, 2.24) is 15.0 Å². The number of aromatic nitrogens is 3. The van der Waals surface area contributed by atoms with Crippen LogP contribution >= 0.6 is 23.1 Å². The zero-order valence-corrected chi connectivity index (χ0v) is 19.0. The van der Waals surface area contributed by atoms with Crippen LogP contribution in [0.1, 0.15) is 30.1 Å². The second-order valence-corrected chi connectivity index (χ2v) is 9.31. The van der Waals surface area contributed by atoms with Gasteiger partial charge in [-0.05, 0) is 30.9 Å². The van der Waals surface area contributed by atoms with Crippen LogP contribution in [0, 0.1) is 5.92 Å². The minimum absolute atomic E-state index is 0.149. The number of rotatable bonds is 6. The highest BCUT2D eigenvalue weighted by atomic mass is 32.2. The van der Waals surface area contributed by atoms with Crippen molar-refractivity contribution in [2.75, 3.05) is 36.2 Å². The molecule has 4 rings (SSSR count). The highest BCUT2D eigenvalue weighted by molar-refractivity contribution is 8.00. The molecule has 1 aliphatic heterocycles. The largest absolute Gasteiger partial charge is 0.465 e. The molecule has 1 aromatic carbocycles. The lowest BCUT2D eigenvalue weighted by atomic mass is 10.00. The minimum atomic E-state index is -0.495. The van der Waals surface area contributed by atoms with Gasteiger partial charge in [-0.2, -0.15) is 4.98 Å². The molecular weight excluding hydrogens is 434 g/mol. The first-order valence-electron chi connectivity index (χ1n) is 10.0. The Morgan fingerprint density at radius 1 is 1.26 bits per heavy atom. The Balaban J connectivity index is 1.44. The number of methoxy groups -OCH3 is 1. The fraction of sp³-hybridized carbons (Fsp3) is 0.381. The number of para-hydroxylation sites is 1. The Labute approximate surface area is 188 Å². The van der Waals surface area contributed by atoms with Gasteiger partial charge in [-0.1, -0.05) is 42.2 Å². The van der Waals surface area contributed by atoms with E-state index in [1.807, 2.05) is 0 Å². The van der Waals surface area contributed by atoms with Crippen molar-refractivity contribution < 1.29 is 14.3 Å². The summed E-state index contributed by atoms with van der Waals surface area (Å²) in [6.07, 6.45) is 3.81. The van der Waals surface area contributed by atoms with Gasteiger partial charge >= 0.3 is 5.97 Å². The SMILES string of the molecule is COC(=O)c1ccccc1NC(=O)CSc1ncnc2nc(N3CCC(C)CC3)sc12. The molecule has 1 fully saturated rings. The second kappa shape index (κ2) is 9.61. The van der Waals surface area contributed by atoms with Crippen LogP contribution in [0.2, 0.25) is 0 Å². The van der Waals surface area contributed by atoms with E-state index in [-0.39, 0.29) is 11.7 Å². The van der Waals surface area contributed by atoms with Gasteiger partial charge in [-0.15, -0.1) is 0 Å². The Bertz CT molecular complexity index is 1100. The first-order chi connectivity index (χ1) is 15.0. The molecule has 10 heteroatoms. The number of amides is 1. The maximum atomic E-state index is 12.5. The molecule has 1 saturated heterocycles. The summed E-state index contributed by atoms with van der Waals surface area (Å²) in [5, 5.41) is 4.47. The van der Waals surface area contributed by atoms with Crippen molar-refractivity contribution in [3.05, 3.63) is 36.2 Å². The van der Waals surface area contributed by atoms with Crippen molar-refractivity contribution in [2.24, 2.45) is 5.92 Å². The van der Waals surface area contributed by atoms with Gasteiger partial charge in [-0.3, -0.25) is 4.79 Å². The summed E-state index contributed by atoms with van der Waals surface area (Å²) in [4.78, 5) is 40.1. The molecule has 1 N–H and O–H groups in total. The predicted molar refractivity (Wildman–Crippen MR) is 123 cm³/mol. The van der Waals surface area contributed by atoms with Crippen LogP contribution in [-0.2, 0) is 9.53 Å². The first kappa shape index (κ1) is 21.5. The number of nitrogens with one attached hydrogen (secondary N) is 1. The predicted octanol–water partition coefficient (Wildman–Crippen LogP) is 3.84. The molecule has 2 aromatic heterocycles. The number of fused-ring (bicyclic) bond motifs is 1. The number of hydrogen-bond donors (Lipinski definition) is 1. The molecule has 1 aliphatic rings. The Morgan fingerprint density at radius 2 is 2.03 bits per heavy atom. The number of esters is 1. The smallest absolute Gasteiger partial charge is 0.339 e. The average Bonchev–Trinajstić information content (AvgIpc) is 3.23. The van der Waals surface area contributed by atoms with Crippen LogP contribution in [-0.4, -0.2) is 52.8 Å². The zero-order valence-electron chi connectivity index (χ0n) is 17.3. The molecular formula is C21H23N5O3S2. The van der Waals surface area contributed by atoms with Gasteiger partial charge < -0.3 is 15.0 Å². The molecule has 0 atom stereocenters. The fourth-order valence-electron chi connectivity index (χ4n) is 3.36. The van der Waals surface area contributed by atoms with Crippen LogP contribution in [0.15, 0.2) is 35.6 Å². The number of anilines is 2. The maximum absolute atomic E-state index is 12.5. The van der Waals surface area contributed by atoms with Gasteiger partial charge in [0, 0.05) is 13.1 Å². The van der Waals surface area contributed by atoms with Crippen LogP contribution < -0.4 is 10.2 Å². The summed E-state index contributed by atoms with van der Waals surface area (Å²) >= 11 is 2.90. The van der Waals surface area contributed by atoms with Crippen LogP contribution in [0.25, 0.3) is 10.3 Å². The van der Waals surface area contributed by atoms with E-state index in [0.717, 1.165) is 46.7 Å². The molecule has 0 saturated carbocycles. The molecule has 0 aliphatic carbocycles. The molecule has 0 bridgehead atoms. The molecule has 3 aromatic rings. The molecule has 8 nitrogen and oxygen atoms in total. The van der Waals surface area contributed by atoms with E-state index in [9.17, 15) is 9.59 Å². The highest BCUT2D eigenvalue weighted by Gasteiger charge is 2.21. The summed E-state index contributed by atoms with van der Waals surface area (Å²) in [7, 11) is 1.31. The van der Waals surface area contributed by atoms with Crippen molar-refractivity contribution in [1.29, 1.82) is 0 Å². The lowest BCUT2D eigenvalue weighted by Gasteiger charge is -2.29. The zero-order chi connectivity index (χ0) is 21.8. The van der Waals surface area contributed by atoms with Gasteiger partial charge in [0.2, 0.25) is 5.91 Å².